The summed E-state index contributed by atoms with van der Waals surface area (Å²) in [5.74, 6) is -0.767. The summed E-state index contributed by atoms with van der Waals surface area (Å²) in [5, 5.41) is 2.49. The summed E-state index contributed by atoms with van der Waals surface area (Å²) in [7, 11) is 1.82. The smallest absolute Gasteiger partial charge is 0.351 e. The van der Waals surface area contributed by atoms with E-state index >= 15 is 0 Å². The number of hydrogen-bond donors (Lipinski definition) is 2. The van der Waals surface area contributed by atoms with E-state index in [-0.39, 0.29) is 12.5 Å². The molecule has 0 bridgehead atoms. The van der Waals surface area contributed by atoms with Crippen molar-refractivity contribution in [3.63, 3.8) is 0 Å². The van der Waals surface area contributed by atoms with E-state index in [0.29, 0.717) is 16.7 Å². The van der Waals surface area contributed by atoms with E-state index in [1.807, 2.05) is 37.3 Å². The van der Waals surface area contributed by atoms with Crippen molar-refractivity contribution in [1.29, 1.82) is 0 Å². The molecule has 6 nitrogen and oxygen atoms in total. The van der Waals surface area contributed by atoms with Gasteiger partial charge in [0.05, 0.1) is 11.0 Å². The van der Waals surface area contributed by atoms with Crippen LogP contribution in [-0.2, 0) is 12.7 Å². The van der Waals surface area contributed by atoms with Crippen LogP contribution in [0.25, 0.3) is 11.0 Å². The monoisotopic (exact) mass is 451 g/mol. The Morgan fingerprint density at radius 3 is 2.52 bits per heavy atom. The Morgan fingerprint density at radius 1 is 1.26 bits per heavy atom. The number of fused-ring (bicyclic) bond motifs is 1. The zero-order chi connectivity index (χ0) is 22.8. The number of halogens is 3. The van der Waals surface area contributed by atoms with E-state index in [4.69, 9.17) is 5.73 Å². The number of urea groups is 1. The Kier molecular flexibility index (Phi) is 6.68. The summed E-state index contributed by atoms with van der Waals surface area (Å²) in [4.78, 5) is 15.7. The molecule has 1 atom stereocenters. The number of hydrogen-bond acceptors (Lipinski definition) is 4. The number of amides is 2. The predicted octanol–water partition coefficient (Wildman–Crippen LogP) is 5.74. The number of carbonyl (C=O) groups is 1. The summed E-state index contributed by atoms with van der Waals surface area (Å²) in [6.07, 6.45) is -3.74. The van der Waals surface area contributed by atoms with Gasteiger partial charge in [-0.25, -0.2) is 9.78 Å². The van der Waals surface area contributed by atoms with Crippen molar-refractivity contribution in [2.24, 2.45) is 11.7 Å². The molecule has 0 radical (unpaired) electrons. The van der Waals surface area contributed by atoms with Gasteiger partial charge >= 0.3 is 12.2 Å². The van der Waals surface area contributed by atoms with Crippen molar-refractivity contribution >= 4 is 40.4 Å². The number of nitrogens with one attached hydrogen (secondary N) is 1. The molecule has 0 spiro atoms. The average molecular weight is 452 g/mol. The maximum absolute atomic E-state index is 13.6. The first-order valence-corrected chi connectivity index (χ1v) is 10.5. The van der Waals surface area contributed by atoms with Gasteiger partial charge in [0.2, 0.25) is 5.82 Å². The number of anilines is 2. The number of primary amides is 1. The quantitative estimate of drug-likeness (QED) is 0.450. The molecule has 0 saturated heterocycles. The van der Waals surface area contributed by atoms with Crippen molar-refractivity contribution in [3.05, 3.63) is 48.3 Å². The Hall–Kier alpha value is -2.88. The normalized spacial score (nSPS) is 12.7. The standard InChI is InChI=1S/C21H24F3N5OS/c1-4-13(2)12-29-18-10-7-15(11-17(18)27-19(29)21(22,23)24)28(3)31-16-8-5-14(6-9-16)26-20(25)30/h5-11,13H,4,12H2,1-3H3,(H3,25,26,30). The number of aromatic nitrogens is 2. The molecule has 2 amide bonds. The van der Waals surface area contributed by atoms with Gasteiger partial charge in [-0.1, -0.05) is 20.3 Å². The molecule has 0 fully saturated rings. The number of nitrogens with zero attached hydrogens (tertiary/aromatic N) is 3. The third-order valence-electron chi connectivity index (χ3n) is 4.90. The minimum Gasteiger partial charge on any atom is -0.351 e. The lowest BCUT2D eigenvalue weighted by molar-refractivity contribution is -0.147. The first-order chi connectivity index (χ1) is 14.6. The second-order valence-electron chi connectivity index (χ2n) is 7.33. The van der Waals surface area contributed by atoms with E-state index in [2.05, 4.69) is 10.3 Å². The minimum atomic E-state index is -4.52. The molecule has 31 heavy (non-hydrogen) atoms. The van der Waals surface area contributed by atoms with Gasteiger partial charge in [0.15, 0.2) is 0 Å². The highest BCUT2D eigenvalue weighted by Gasteiger charge is 2.37. The van der Waals surface area contributed by atoms with Gasteiger partial charge in [0.25, 0.3) is 0 Å². The summed E-state index contributed by atoms with van der Waals surface area (Å²) in [6, 6.07) is 11.6. The molecule has 10 heteroatoms. The first-order valence-electron chi connectivity index (χ1n) is 9.74. The molecule has 1 aromatic heterocycles. The van der Waals surface area contributed by atoms with Crippen LogP contribution >= 0.6 is 11.9 Å². The van der Waals surface area contributed by atoms with Crippen LogP contribution in [0.1, 0.15) is 26.1 Å². The number of alkyl halides is 3. The highest BCUT2D eigenvalue weighted by Crippen LogP contribution is 2.35. The van der Waals surface area contributed by atoms with E-state index in [1.54, 1.807) is 30.3 Å². The SMILES string of the molecule is CCC(C)Cn1c(C(F)(F)F)nc2cc(N(C)Sc3ccc(NC(N)=O)cc3)ccc21. The van der Waals surface area contributed by atoms with Crippen LogP contribution in [0.5, 0.6) is 0 Å². The largest absolute Gasteiger partial charge is 0.449 e. The van der Waals surface area contributed by atoms with Gasteiger partial charge in [-0.2, -0.15) is 13.2 Å². The molecule has 3 rings (SSSR count). The Balaban J connectivity index is 1.86. The van der Waals surface area contributed by atoms with Crippen molar-refractivity contribution in [2.75, 3.05) is 16.7 Å². The highest BCUT2D eigenvalue weighted by atomic mass is 32.2. The van der Waals surface area contributed by atoms with Gasteiger partial charge in [-0.3, -0.25) is 0 Å². The maximum atomic E-state index is 13.6. The summed E-state index contributed by atoms with van der Waals surface area (Å²) in [5.41, 5.74) is 7.17. The highest BCUT2D eigenvalue weighted by molar-refractivity contribution is 8.00. The maximum Gasteiger partial charge on any atom is 0.449 e. The van der Waals surface area contributed by atoms with Crippen molar-refractivity contribution < 1.29 is 18.0 Å². The molecule has 3 aromatic rings. The van der Waals surface area contributed by atoms with Gasteiger partial charge < -0.3 is 19.9 Å². The second kappa shape index (κ2) is 9.09. The zero-order valence-electron chi connectivity index (χ0n) is 17.4. The molecule has 1 unspecified atom stereocenters. The Labute approximate surface area is 182 Å². The van der Waals surface area contributed by atoms with Gasteiger partial charge in [0.1, 0.15) is 0 Å². The molecular weight excluding hydrogens is 427 g/mol. The van der Waals surface area contributed by atoms with Crippen LogP contribution in [0.2, 0.25) is 0 Å². The fraction of sp³-hybridized carbons (Fsp3) is 0.333. The van der Waals surface area contributed by atoms with Crippen LogP contribution in [0.15, 0.2) is 47.4 Å². The molecular formula is C21H24F3N5OS. The minimum absolute atomic E-state index is 0.100. The summed E-state index contributed by atoms with van der Waals surface area (Å²) < 4.78 is 43.8. The van der Waals surface area contributed by atoms with Crippen molar-refractivity contribution in [1.82, 2.24) is 9.55 Å². The lowest BCUT2D eigenvalue weighted by Crippen LogP contribution is -2.19. The first kappa shape index (κ1) is 22.8. The fourth-order valence-electron chi connectivity index (χ4n) is 3.11. The van der Waals surface area contributed by atoms with E-state index in [0.717, 1.165) is 17.0 Å². The zero-order valence-corrected chi connectivity index (χ0v) is 18.2. The molecule has 0 aliphatic rings. The van der Waals surface area contributed by atoms with Crippen molar-refractivity contribution in [2.45, 2.75) is 37.9 Å². The molecule has 0 aliphatic carbocycles. The lowest BCUT2D eigenvalue weighted by Gasteiger charge is -2.18. The van der Waals surface area contributed by atoms with Crippen LogP contribution in [0.4, 0.5) is 29.3 Å². The number of carbonyl (C=O) groups excluding carboxylic acids is 1. The molecule has 0 saturated carbocycles. The van der Waals surface area contributed by atoms with Crippen LogP contribution in [0.3, 0.4) is 0 Å². The average Bonchev–Trinajstić information content (AvgIpc) is 3.07. The second-order valence-corrected chi connectivity index (χ2v) is 8.53. The Bertz CT molecular complexity index is 1070. The van der Waals surface area contributed by atoms with Crippen LogP contribution < -0.4 is 15.4 Å². The molecule has 2 aromatic carbocycles. The van der Waals surface area contributed by atoms with Gasteiger partial charge in [0, 0.05) is 29.9 Å². The van der Waals surface area contributed by atoms with E-state index in [9.17, 15) is 18.0 Å². The van der Waals surface area contributed by atoms with Crippen molar-refractivity contribution in [3.8, 4) is 0 Å². The summed E-state index contributed by atoms with van der Waals surface area (Å²) >= 11 is 1.40. The van der Waals surface area contributed by atoms with Crippen LogP contribution in [0, 0.1) is 5.92 Å². The number of rotatable bonds is 7. The molecule has 3 N–H and O–H groups in total. The number of nitrogens with two attached hydrogens (primary N) is 1. The van der Waals surface area contributed by atoms with Gasteiger partial charge in [-0.15, -0.1) is 0 Å². The molecule has 1 heterocycles. The van der Waals surface area contributed by atoms with Crippen LogP contribution in [-0.4, -0.2) is 22.6 Å². The Morgan fingerprint density at radius 2 is 1.94 bits per heavy atom. The predicted molar refractivity (Wildman–Crippen MR) is 118 cm³/mol. The summed E-state index contributed by atoms with van der Waals surface area (Å²) in [6.45, 7) is 4.14. The topological polar surface area (TPSA) is 76.2 Å². The third kappa shape index (κ3) is 5.43. The fourth-order valence-corrected chi connectivity index (χ4v) is 3.90. The number of imidazole rings is 1. The van der Waals surface area contributed by atoms with E-state index < -0.39 is 18.0 Å². The van der Waals surface area contributed by atoms with Gasteiger partial charge in [-0.05, 0) is 60.3 Å². The molecule has 0 aliphatic heterocycles. The number of benzene rings is 2. The lowest BCUT2D eigenvalue weighted by atomic mass is 10.1. The third-order valence-corrected chi connectivity index (χ3v) is 5.87. The van der Waals surface area contributed by atoms with E-state index in [1.165, 1.54) is 16.5 Å². The molecule has 166 valence electrons.